The van der Waals surface area contributed by atoms with Crippen molar-refractivity contribution in [2.24, 2.45) is 0 Å². The zero-order chi connectivity index (χ0) is 25.8. The van der Waals surface area contributed by atoms with Gasteiger partial charge in [-0.1, -0.05) is 47.7 Å². The molecule has 4 rings (SSSR count). The van der Waals surface area contributed by atoms with Crippen molar-refractivity contribution in [3.8, 4) is 16.8 Å². The van der Waals surface area contributed by atoms with Gasteiger partial charge in [0, 0.05) is 38.1 Å². The van der Waals surface area contributed by atoms with Gasteiger partial charge in [0.1, 0.15) is 0 Å². The molecular weight excluding hydrogens is 536 g/mol. The monoisotopic (exact) mass is 554 g/mol. The summed E-state index contributed by atoms with van der Waals surface area (Å²) in [7, 11) is -8.73. The quantitative estimate of drug-likeness (QED) is 0.252. The van der Waals surface area contributed by atoms with Gasteiger partial charge in [-0.05, 0) is 29.4 Å². The van der Waals surface area contributed by atoms with E-state index >= 15 is 0 Å². The van der Waals surface area contributed by atoms with E-state index in [-0.39, 0.29) is 10.0 Å². The number of H-pyrrole nitrogens is 1. The lowest BCUT2D eigenvalue weighted by molar-refractivity contribution is -2.00. The number of halogens is 1. The van der Waals surface area contributed by atoms with Gasteiger partial charge < -0.3 is 0 Å². The van der Waals surface area contributed by atoms with Crippen LogP contribution in [0.15, 0.2) is 71.6 Å². The predicted molar refractivity (Wildman–Crippen MR) is 121 cm³/mol. The van der Waals surface area contributed by atoms with Crippen molar-refractivity contribution in [2.75, 3.05) is 4.72 Å². The highest BCUT2D eigenvalue weighted by molar-refractivity contribution is 7.93. The van der Waals surface area contributed by atoms with Crippen LogP contribution in [0.1, 0.15) is 11.4 Å². The lowest BCUT2D eigenvalue weighted by atomic mass is 10.0. The Balaban J connectivity index is 0.000000623. The van der Waals surface area contributed by atoms with Crippen LogP contribution in [0.5, 0.6) is 0 Å². The number of hydrogen-bond acceptors (Lipinski definition) is 9. The molecule has 2 heterocycles. The fourth-order valence-electron chi connectivity index (χ4n) is 3.34. The minimum atomic E-state index is -4.94. The van der Waals surface area contributed by atoms with Crippen molar-refractivity contribution in [3.63, 3.8) is 0 Å². The first-order chi connectivity index (χ1) is 16.3. The number of anilines is 1. The first-order valence-corrected chi connectivity index (χ1v) is 13.7. The summed E-state index contributed by atoms with van der Waals surface area (Å²) >= 11 is 6.03. The minimum absolute atomic E-state index is 0.152. The van der Waals surface area contributed by atoms with Crippen LogP contribution in [0, 0.1) is 28.0 Å². The van der Waals surface area contributed by atoms with Crippen LogP contribution >= 0.6 is 23.6 Å². The lowest BCUT2D eigenvalue weighted by Crippen LogP contribution is -2.68. The second kappa shape index (κ2) is 10.9. The van der Waals surface area contributed by atoms with Crippen molar-refractivity contribution in [2.45, 2.75) is 18.7 Å². The number of aromatic amines is 1. The van der Waals surface area contributed by atoms with Crippen LogP contribution in [0.25, 0.3) is 16.8 Å². The number of rotatable bonds is 5. The molecule has 0 bridgehead atoms. The molecule has 35 heavy (non-hydrogen) atoms. The third-order valence-corrected chi connectivity index (χ3v) is 7.06. The average molecular weight is 555 g/mol. The van der Waals surface area contributed by atoms with Crippen molar-refractivity contribution in [1.82, 2.24) is 10.2 Å². The average Bonchev–Trinajstić information content (AvgIpc) is 3.17. The summed E-state index contributed by atoms with van der Waals surface area (Å²) in [5.41, 5.74) is 5.02. The summed E-state index contributed by atoms with van der Waals surface area (Å²) < 4.78 is 64.5. The number of sulfonamides is 1. The van der Waals surface area contributed by atoms with E-state index in [0.29, 0.717) is 3.95 Å². The van der Waals surface area contributed by atoms with E-state index in [0.717, 1.165) is 39.5 Å². The summed E-state index contributed by atoms with van der Waals surface area (Å²) in [6.07, 6.45) is 0. The Morgan fingerprint density at radius 3 is 2.09 bits per heavy atom. The number of nitrogens with zero attached hydrogens (tertiary/aromatic N) is 2. The lowest BCUT2D eigenvalue weighted by Gasteiger charge is -2.17. The topological polar surface area (TPSA) is 171 Å². The maximum absolute atomic E-state index is 12.8. The van der Waals surface area contributed by atoms with Gasteiger partial charge in [-0.25, -0.2) is 27.1 Å². The molecule has 0 unspecified atom stereocenters. The highest BCUT2D eigenvalue weighted by Gasteiger charge is 2.21. The molecule has 0 amide bonds. The number of hydrogen-bond donors (Lipinski definition) is 2. The van der Waals surface area contributed by atoms with Gasteiger partial charge in [-0.3, -0.25) is 9.82 Å². The molecule has 184 valence electrons. The van der Waals surface area contributed by atoms with E-state index in [1.807, 2.05) is 42.7 Å². The van der Waals surface area contributed by atoms with E-state index in [9.17, 15) is 8.42 Å². The summed E-state index contributed by atoms with van der Waals surface area (Å²) in [6.45, 7) is 4.02. The molecule has 0 saturated carbocycles. The number of aryl methyl sites for hydroxylation is 2. The smallest absolute Gasteiger partial charge is 0.256 e. The maximum Gasteiger partial charge on any atom is 0.263 e. The van der Waals surface area contributed by atoms with Crippen LogP contribution in [0.4, 0.5) is 5.13 Å². The Morgan fingerprint density at radius 1 is 0.943 bits per heavy atom. The molecule has 14 heteroatoms. The SMILES string of the molecule is Cc1cc(-c2ccccc2)cc(C)[n+]1-c1cccc(S(=O)(=O)Nc2n[nH]c(=S)s2)c1.[O-][Cl+3]([O-])([O-])[O-]. The Labute approximate surface area is 212 Å². The van der Waals surface area contributed by atoms with Gasteiger partial charge in [-0.15, -0.1) is 15.3 Å². The molecule has 0 saturated heterocycles. The minimum Gasteiger partial charge on any atom is -0.256 e. The highest BCUT2D eigenvalue weighted by atomic mass is 35.7. The molecule has 4 aromatic rings. The van der Waals surface area contributed by atoms with Gasteiger partial charge in [0.25, 0.3) is 10.0 Å². The Bertz CT molecular complexity index is 1460. The summed E-state index contributed by atoms with van der Waals surface area (Å²) in [5, 5.41) is 6.64. The van der Waals surface area contributed by atoms with E-state index in [2.05, 4.69) is 39.2 Å². The van der Waals surface area contributed by atoms with Crippen LogP contribution in [0.2, 0.25) is 0 Å². The van der Waals surface area contributed by atoms with E-state index in [1.165, 1.54) is 0 Å². The highest BCUT2D eigenvalue weighted by Crippen LogP contribution is 2.22. The van der Waals surface area contributed by atoms with Gasteiger partial charge >= 0.3 is 0 Å². The van der Waals surface area contributed by atoms with Gasteiger partial charge in [0.15, 0.2) is 15.3 Å². The molecule has 2 aromatic heterocycles. The molecule has 0 atom stereocenters. The molecule has 10 nitrogen and oxygen atoms in total. The van der Waals surface area contributed by atoms with Crippen LogP contribution in [-0.2, 0) is 10.0 Å². The number of aromatic nitrogens is 3. The zero-order valence-electron chi connectivity index (χ0n) is 18.3. The summed E-state index contributed by atoms with van der Waals surface area (Å²) in [6, 6.07) is 21.2. The molecule has 0 fully saturated rings. The fourth-order valence-corrected chi connectivity index (χ4v) is 5.40. The number of nitrogens with one attached hydrogen (secondary N) is 2. The van der Waals surface area contributed by atoms with Crippen LogP contribution < -0.4 is 27.9 Å². The number of pyridine rings is 1. The van der Waals surface area contributed by atoms with Gasteiger partial charge in [0.05, 0.1) is 4.90 Å². The maximum atomic E-state index is 12.8. The van der Waals surface area contributed by atoms with E-state index in [4.69, 9.17) is 30.9 Å². The normalized spacial score (nSPS) is 11.5. The molecule has 0 aliphatic heterocycles. The third kappa shape index (κ3) is 7.62. The molecule has 2 aromatic carbocycles. The molecule has 0 aliphatic carbocycles. The van der Waals surface area contributed by atoms with Crippen LogP contribution in [-0.4, -0.2) is 18.6 Å². The second-order valence-corrected chi connectivity index (χ2v) is 11.2. The molecule has 0 spiro atoms. The number of benzene rings is 2. The fraction of sp³-hybridized carbons (Fsp3) is 0.0952. The predicted octanol–water partition coefficient (Wildman–Crippen LogP) is -0.194. The van der Waals surface area contributed by atoms with E-state index < -0.39 is 20.3 Å². The Kier molecular flexibility index (Phi) is 8.35. The van der Waals surface area contributed by atoms with Crippen molar-refractivity contribution in [1.29, 1.82) is 0 Å². The molecule has 0 radical (unpaired) electrons. The standard InChI is InChI=1S/C21H18N4O2S3.ClHO4/c1-14-11-17(16-7-4-3-5-8-16)12-15(2)25(14)18-9-6-10-19(13-18)30(26,27)24-20-22-23-21(28)29-20;2-1(3,4)5/h3-13H,1-2H3,(H-,22,23,24,28);(H,2,3,4,5). The van der Waals surface area contributed by atoms with Gasteiger partial charge in [-0.2, -0.15) is 4.57 Å². The third-order valence-electron chi connectivity index (χ3n) is 4.59. The van der Waals surface area contributed by atoms with Crippen molar-refractivity contribution < 1.29 is 41.9 Å². The summed E-state index contributed by atoms with van der Waals surface area (Å²) in [5.74, 6) is 0. The molecule has 0 aliphatic rings. The zero-order valence-corrected chi connectivity index (χ0v) is 21.5. The first kappa shape index (κ1) is 26.8. The van der Waals surface area contributed by atoms with Crippen molar-refractivity contribution in [3.05, 3.63) is 82.1 Å². The Morgan fingerprint density at radius 2 is 1.54 bits per heavy atom. The van der Waals surface area contributed by atoms with Gasteiger partial charge in [0.2, 0.25) is 10.8 Å². The van der Waals surface area contributed by atoms with Crippen molar-refractivity contribution >= 4 is 38.7 Å². The first-order valence-electron chi connectivity index (χ1n) is 9.73. The second-order valence-electron chi connectivity index (χ2n) is 7.13. The van der Waals surface area contributed by atoms with E-state index in [1.54, 1.807) is 18.2 Å². The Hall–Kier alpha value is -2.75. The largest absolute Gasteiger partial charge is 0.263 e. The molecular formula is C21H19ClN4O6S3. The van der Waals surface area contributed by atoms with Crippen LogP contribution in [0.3, 0.4) is 0 Å². The summed E-state index contributed by atoms with van der Waals surface area (Å²) in [4.78, 5) is 0.152. The molecule has 2 N–H and O–H groups in total.